The maximum atomic E-state index is 11.1. The van der Waals surface area contributed by atoms with Gasteiger partial charge in [-0.2, -0.15) is 0 Å². The number of aryl methyl sites for hydroxylation is 1. The smallest absolute Gasteiger partial charge is 0.331 e. The van der Waals surface area contributed by atoms with Gasteiger partial charge in [0, 0.05) is 23.5 Å². The first kappa shape index (κ1) is 13.2. The molecule has 0 aromatic heterocycles. The molecule has 4 nitrogen and oxygen atoms in total. The number of fused-ring (bicyclic) bond motifs is 3. The average Bonchev–Trinajstić information content (AvgIpc) is 3.00. The molecule has 1 aromatic carbocycles. The molecule has 0 spiro atoms. The molecule has 1 aliphatic carbocycles. The van der Waals surface area contributed by atoms with E-state index >= 15 is 0 Å². The van der Waals surface area contributed by atoms with Crippen molar-refractivity contribution >= 4 is 5.97 Å². The summed E-state index contributed by atoms with van der Waals surface area (Å²) < 4.78 is 16.0. The maximum Gasteiger partial charge on any atom is 0.331 e. The van der Waals surface area contributed by atoms with Crippen LogP contribution in [-0.4, -0.2) is 25.8 Å². The number of carbonyl (C=O) groups excluding carboxylic acids is 1. The monoisotopic (exact) mass is 274 g/mol. The zero-order valence-electron chi connectivity index (χ0n) is 11.7. The Kier molecular flexibility index (Phi) is 3.49. The summed E-state index contributed by atoms with van der Waals surface area (Å²) >= 11 is 0. The molecular formula is C16H18O4. The third-order valence-corrected chi connectivity index (χ3v) is 3.78. The second kappa shape index (κ2) is 5.29. The van der Waals surface area contributed by atoms with Crippen LogP contribution in [0.5, 0.6) is 5.75 Å². The van der Waals surface area contributed by atoms with Gasteiger partial charge in [-0.05, 0) is 6.92 Å². The Morgan fingerprint density at radius 2 is 2.30 bits per heavy atom. The molecule has 1 heterocycles. The Morgan fingerprint density at radius 3 is 3.10 bits per heavy atom. The maximum absolute atomic E-state index is 11.1. The number of methoxy groups -OCH3 is 1. The zero-order valence-corrected chi connectivity index (χ0v) is 11.7. The largest absolute Gasteiger partial charge is 0.488 e. The quantitative estimate of drug-likeness (QED) is 0.625. The molecule has 4 heteroatoms. The van der Waals surface area contributed by atoms with Crippen LogP contribution < -0.4 is 4.74 Å². The SMILES string of the molecule is COC(=O)COCc1cc(C)cc2c1O[C@@H]1CC=C[C@H]21. The second-order valence-electron chi connectivity index (χ2n) is 5.26. The van der Waals surface area contributed by atoms with Crippen molar-refractivity contribution in [2.75, 3.05) is 13.7 Å². The summed E-state index contributed by atoms with van der Waals surface area (Å²) in [5, 5.41) is 0. The molecule has 0 radical (unpaired) electrons. The van der Waals surface area contributed by atoms with Crippen LogP contribution in [0, 0.1) is 6.92 Å². The first-order chi connectivity index (χ1) is 9.69. The van der Waals surface area contributed by atoms with Gasteiger partial charge < -0.3 is 14.2 Å². The number of hydrogen-bond donors (Lipinski definition) is 0. The first-order valence-electron chi connectivity index (χ1n) is 6.80. The number of esters is 1. The van der Waals surface area contributed by atoms with Gasteiger partial charge in [0.05, 0.1) is 13.7 Å². The summed E-state index contributed by atoms with van der Waals surface area (Å²) in [5.41, 5.74) is 3.43. The third-order valence-electron chi connectivity index (χ3n) is 3.78. The predicted octanol–water partition coefficient (Wildman–Crippen LogP) is 2.49. The van der Waals surface area contributed by atoms with Gasteiger partial charge in [-0.15, -0.1) is 0 Å². The number of rotatable bonds is 4. The first-order valence-corrected chi connectivity index (χ1v) is 6.80. The van der Waals surface area contributed by atoms with Crippen molar-refractivity contribution in [3.8, 4) is 5.75 Å². The molecule has 3 rings (SSSR count). The highest BCUT2D eigenvalue weighted by molar-refractivity contribution is 5.70. The molecule has 1 aromatic rings. The molecule has 2 aliphatic rings. The van der Waals surface area contributed by atoms with Gasteiger partial charge in [-0.25, -0.2) is 4.79 Å². The van der Waals surface area contributed by atoms with E-state index in [2.05, 4.69) is 35.9 Å². The summed E-state index contributed by atoms with van der Waals surface area (Å²) in [7, 11) is 1.35. The van der Waals surface area contributed by atoms with Crippen LogP contribution in [0.3, 0.4) is 0 Å². The van der Waals surface area contributed by atoms with Gasteiger partial charge in [0.15, 0.2) is 0 Å². The fourth-order valence-corrected chi connectivity index (χ4v) is 2.89. The second-order valence-corrected chi connectivity index (χ2v) is 5.26. The molecule has 0 amide bonds. The van der Waals surface area contributed by atoms with Crippen LogP contribution in [0.4, 0.5) is 0 Å². The molecule has 0 saturated carbocycles. The van der Waals surface area contributed by atoms with Crippen molar-refractivity contribution in [3.63, 3.8) is 0 Å². The topological polar surface area (TPSA) is 44.8 Å². The number of carbonyl (C=O) groups is 1. The number of hydrogen-bond acceptors (Lipinski definition) is 4. The van der Waals surface area contributed by atoms with E-state index < -0.39 is 0 Å². The minimum absolute atomic E-state index is 0.0357. The van der Waals surface area contributed by atoms with Gasteiger partial charge in [0.2, 0.25) is 0 Å². The Hall–Kier alpha value is -1.81. The molecule has 0 bridgehead atoms. The highest BCUT2D eigenvalue weighted by Gasteiger charge is 2.36. The summed E-state index contributed by atoms with van der Waals surface area (Å²) in [6.07, 6.45) is 5.58. The zero-order chi connectivity index (χ0) is 14.1. The Balaban J connectivity index is 1.79. The van der Waals surface area contributed by atoms with Crippen molar-refractivity contribution in [3.05, 3.63) is 41.0 Å². The van der Waals surface area contributed by atoms with E-state index in [0.717, 1.165) is 17.7 Å². The van der Waals surface area contributed by atoms with Gasteiger partial charge in [0.25, 0.3) is 0 Å². The van der Waals surface area contributed by atoms with Crippen LogP contribution in [0.25, 0.3) is 0 Å². The van der Waals surface area contributed by atoms with Crippen molar-refractivity contribution in [2.45, 2.75) is 32.0 Å². The highest BCUT2D eigenvalue weighted by atomic mass is 16.6. The van der Waals surface area contributed by atoms with Crippen molar-refractivity contribution in [1.82, 2.24) is 0 Å². The van der Waals surface area contributed by atoms with Crippen LogP contribution in [0.15, 0.2) is 24.3 Å². The van der Waals surface area contributed by atoms with Crippen molar-refractivity contribution in [1.29, 1.82) is 0 Å². The minimum atomic E-state index is -0.366. The van der Waals surface area contributed by atoms with E-state index in [1.165, 1.54) is 18.2 Å². The Bertz CT molecular complexity index is 562. The van der Waals surface area contributed by atoms with Gasteiger partial charge in [-0.1, -0.05) is 29.8 Å². The summed E-state index contributed by atoms with van der Waals surface area (Å²) in [6.45, 7) is 2.39. The van der Waals surface area contributed by atoms with Gasteiger partial charge in [-0.3, -0.25) is 0 Å². The lowest BCUT2D eigenvalue weighted by Gasteiger charge is -2.11. The molecule has 106 valence electrons. The Labute approximate surface area is 118 Å². The van der Waals surface area contributed by atoms with Crippen LogP contribution in [0.1, 0.15) is 29.0 Å². The molecule has 1 aliphatic heterocycles. The molecule has 0 unspecified atom stereocenters. The van der Waals surface area contributed by atoms with Crippen molar-refractivity contribution < 1.29 is 19.0 Å². The van der Waals surface area contributed by atoms with E-state index in [4.69, 9.17) is 9.47 Å². The normalized spacial score (nSPS) is 22.3. The molecule has 20 heavy (non-hydrogen) atoms. The summed E-state index contributed by atoms with van der Waals surface area (Å²) in [6, 6.07) is 4.24. The van der Waals surface area contributed by atoms with E-state index in [9.17, 15) is 4.79 Å². The highest BCUT2D eigenvalue weighted by Crippen LogP contribution is 2.46. The summed E-state index contributed by atoms with van der Waals surface area (Å²) in [5.74, 6) is 0.930. The Morgan fingerprint density at radius 1 is 1.45 bits per heavy atom. The summed E-state index contributed by atoms with van der Waals surface area (Å²) in [4.78, 5) is 11.1. The fraction of sp³-hybridized carbons (Fsp3) is 0.438. The molecule has 0 N–H and O–H groups in total. The van der Waals surface area contributed by atoms with E-state index in [1.807, 2.05) is 0 Å². The molecular weight excluding hydrogens is 256 g/mol. The lowest BCUT2D eigenvalue weighted by Crippen LogP contribution is -2.12. The van der Waals surface area contributed by atoms with Gasteiger partial charge >= 0.3 is 5.97 Å². The lowest BCUT2D eigenvalue weighted by atomic mass is 9.95. The van der Waals surface area contributed by atoms with Crippen LogP contribution in [0.2, 0.25) is 0 Å². The van der Waals surface area contributed by atoms with E-state index in [0.29, 0.717) is 12.5 Å². The number of benzene rings is 1. The minimum Gasteiger partial charge on any atom is -0.488 e. The number of ether oxygens (including phenoxy) is 3. The van der Waals surface area contributed by atoms with Crippen molar-refractivity contribution in [2.24, 2.45) is 0 Å². The average molecular weight is 274 g/mol. The van der Waals surface area contributed by atoms with Crippen LogP contribution >= 0.6 is 0 Å². The fourth-order valence-electron chi connectivity index (χ4n) is 2.89. The van der Waals surface area contributed by atoms with E-state index in [1.54, 1.807) is 0 Å². The molecule has 0 fully saturated rings. The standard InChI is InChI=1S/C16H18O4/c1-10-6-11(8-19-9-15(17)18-2)16-13(7-10)12-4-3-5-14(12)20-16/h3-4,6-7,12,14H,5,8-9H2,1-2H3/t12-,14-/m1/s1. The molecule has 2 atom stereocenters. The van der Waals surface area contributed by atoms with Gasteiger partial charge in [0.1, 0.15) is 18.5 Å². The van der Waals surface area contributed by atoms with Crippen LogP contribution in [-0.2, 0) is 20.9 Å². The van der Waals surface area contributed by atoms with E-state index in [-0.39, 0.29) is 18.7 Å². The molecule has 0 saturated heterocycles. The third kappa shape index (κ3) is 2.31. The lowest BCUT2D eigenvalue weighted by molar-refractivity contribution is -0.146. The predicted molar refractivity (Wildman–Crippen MR) is 73.8 cm³/mol.